The minimum absolute atomic E-state index is 0.00792. The summed E-state index contributed by atoms with van der Waals surface area (Å²) in [6.45, 7) is 13.2. The number of carbonyl (C=O) groups excluding carboxylic acids is 1. The summed E-state index contributed by atoms with van der Waals surface area (Å²) in [5.74, 6) is 0.0287. The molecule has 0 saturated carbocycles. The van der Waals surface area contributed by atoms with E-state index in [1.165, 1.54) is 6.07 Å². The highest BCUT2D eigenvalue weighted by atomic mass is 28.4. The van der Waals surface area contributed by atoms with Gasteiger partial charge in [0, 0.05) is 18.5 Å². The van der Waals surface area contributed by atoms with Crippen LogP contribution in [0, 0.1) is 0 Å². The van der Waals surface area contributed by atoms with Crippen LogP contribution in [0.2, 0.25) is 16.6 Å². The van der Waals surface area contributed by atoms with Gasteiger partial charge in [-0.2, -0.15) is 13.2 Å². The van der Waals surface area contributed by atoms with E-state index < -0.39 is 31.4 Å². The van der Waals surface area contributed by atoms with Crippen LogP contribution in [-0.2, 0) is 10.6 Å². The molecule has 0 radical (unpaired) electrons. The number of nitrogens with one attached hydrogen (secondary N) is 1. The Morgan fingerprint density at radius 2 is 1.69 bits per heavy atom. The smallest absolute Gasteiger partial charge is 0.397 e. The van der Waals surface area contributed by atoms with E-state index in [-0.39, 0.29) is 27.9 Å². The first-order chi connectivity index (χ1) is 13.4. The fourth-order valence-corrected chi connectivity index (χ4v) is 10.7. The summed E-state index contributed by atoms with van der Waals surface area (Å²) >= 11 is 0. The van der Waals surface area contributed by atoms with Crippen molar-refractivity contribution in [1.82, 2.24) is 5.32 Å². The van der Waals surface area contributed by atoms with Crippen molar-refractivity contribution in [2.75, 3.05) is 6.54 Å². The molecule has 2 heterocycles. The quantitative estimate of drug-likeness (QED) is 0.600. The topological polar surface area (TPSA) is 50.7 Å². The highest BCUT2D eigenvalue weighted by Crippen LogP contribution is 2.48. The number of alkyl halides is 3. The third kappa shape index (κ3) is 3.34. The lowest BCUT2D eigenvalue weighted by atomic mass is 9.87. The van der Waals surface area contributed by atoms with Crippen molar-refractivity contribution in [2.45, 2.75) is 76.4 Å². The molecule has 2 aliphatic rings. The number of rotatable bonds is 5. The summed E-state index contributed by atoms with van der Waals surface area (Å²) in [7, 11) is -2.49. The molecule has 1 aromatic rings. The molecule has 0 aliphatic carbocycles. The third-order valence-corrected chi connectivity index (χ3v) is 12.5. The molecule has 0 amide bonds. The van der Waals surface area contributed by atoms with Gasteiger partial charge in [-0.05, 0) is 34.8 Å². The number of carbonyl (C=O) groups is 1. The zero-order valence-corrected chi connectivity index (χ0v) is 18.8. The van der Waals surface area contributed by atoms with E-state index in [1.54, 1.807) is 0 Å². The maximum atomic E-state index is 13.7. The summed E-state index contributed by atoms with van der Waals surface area (Å²) in [5, 5.41) is 3.16. The van der Waals surface area contributed by atoms with E-state index in [1.807, 2.05) is 0 Å². The van der Waals surface area contributed by atoms with Gasteiger partial charge in [-0.15, -0.1) is 0 Å². The predicted octanol–water partition coefficient (Wildman–Crippen LogP) is 5.86. The van der Waals surface area contributed by atoms with Crippen molar-refractivity contribution in [2.24, 2.45) is 4.99 Å². The Kier molecular flexibility index (Phi) is 5.49. The monoisotopic (exact) mass is 426 g/mol. The van der Waals surface area contributed by atoms with Crippen LogP contribution in [0.4, 0.5) is 18.9 Å². The second kappa shape index (κ2) is 7.23. The van der Waals surface area contributed by atoms with E-state index in [0.29, 0.717) is 18.8 Å². The lowest BCUT2D eigenvalue weighted by Gasteiger charge is -2.48. The predicted molar refractivity (Wildman–Crippen MR) is 110 cm³/mol. The number of ketones is 1. The summed E-state index contributed by atoms with van der Waals surface area (Å²) in [4.78, 5) is 18.2. The maximum Gasteiger partial charge on any atom is 0.416 e. The fraction of sp³-hybridized carbons (Fsp3) is 0.619. The molecule has 160 valence electrons. The van der Waals surface area contributed by atoms with Crippen LogP contribution < -0.4 is 5.32 Å². The second-order valence-corrected chi connectivity index (χ2v) is 14.3. The second-order valence-electron chi connectivity index (χ2n) is 8.94. The van der Waals surface area contributed by atoms with E-state index >= 15 is 0 Å². The van der Waals surface area contributed by atoms with Gasteiger partial charge in [-0.25, -0.2) is 4.99 Å². The van der Waals surface area contributed by atoms with Crippen molar-refractivity contribution in [1.29, 1.82) is 0 Å². The first-order valence-electron chi connectivity index (χ1n) is 10.2. The van der Waals surface area contributed by atoms with Gasteiger partial charge in [0.15, 0.2) is 5.60 Å². The minimum atomic E-state index is -4.52. The molecule has 3 rings (SSSR count). The van der Waals surface area contributed by atoms with Crippen molar-refractivity contribution in [3.05, 3.63) is 29.3 Å². The Morgan fingerprint density at radius 1 is 1.10 bits per heavy atom. The molecule has 1 fully saturated rings. The number of hydrogen-bond acceptors (Lipinski definition) is 4. The van der Waals surface area contributed by atoms with E-state index in [0.717, 1.165) is 12.1 Å². The lowest BCUT2D eigenvalue weighted by molar-refractivity contribution is -0.137. The fourth-order valence-electron chi connectivity index (χ4n) is 5.10. The van der Waals surface area contributed by atoms with Gasteiger partial charge >= 0.3 is 6.18 Å². The van der Waals surface area contributed by atoms with Crippen LogP contribution in [0.5, 0.6) is 0 Å². The van der Waals surface area contributed by atoms with Crippen LogP contribution in [-0.4, -0.2) is 32.1 Å². The molecule has 1 saturated heterocycles. The molecule has 8 heteroatoms. The number of amidine groups is 1. The Bertz CT molecular complexity index is 827. The van der Waals surface area contributed by atoms with Gasteiger partial charge in [-0.3, -0.25) is 4.79 Å². The standard InChI is InChI=1S/C21H29F3N2O2Si/c1-12(2)29(13(3)4,14(5)6)28-20-9-10-25-19(20)26-17-8-7-15(21(22,23)24)11-16(17)18(20)27/h7-8,11-14H,9-10H2,1-6H3,(H,25,26)/t20-/m1/s1. The molecule has 1 N–H and O–H groups in total. The third-order valence-electron chi connectivity index (χ3n) is 6.38. The minimum Gasteiger partial charge on any atom is -0.397 e. The van der Waals surface area contributed by atoms with Crippen molar-refractivity contribution in [3.8, 4) is 0 Å². The number of hydrogen-bond donors (Lipinski definition) is 1. The van der Waals surface area contributed by atoms with Crippen LogP contribution in [0.1, 0.15) is 63.9 Å². The van der Waals surface area contributed by atoms with Gasteiger partial charge in [-0.1, -0.05) is 41.5 Å². The normalized spacial score (nSPS) is 22.1. The molecule has 2 aliphatic heterocycles. The van der Waals surface area contributed by atoms with Crippen LogP contribution in [0.3, 0.4) is 0 Å². The Hall–Kier alpha value is -1.67. The zero-order valence-electron chi connectivity index (χ0n) is 17.8. The Labute approximate surface area is 171 Å². The van der Waals surface area contributed by atoms with Gasteiger partial charge in [0.25, 0.3) is 0 Å². The largest absolute Gasteiger partial charge is 0.416 e. The van der Waals surface area contributed by atoms with Crippen molar-refractivity contribution in [3.63, 3.8) is 0 Å². The van der Waals surface area contributed by atoms with Crippen LogP contribution >= 0.6 is 0 Å². The lowest BCUT2D eigenvalue weighted by Crippen LogP contribution is -2.60. The number of halogens is 3. The molecule has 1 atom stereocenters. The number of Topliss-reactive ketones (excluding diaryl/α,β-unsaturated/α-hetero) is 1. The SMILES string of the molecule is CC(C)[Si](O[C@@]12CCNC1=Nc1ccc(C(F)(F)F)cc1C2=O)(C(C)C)C(C)C. The number of nitrogens with zero attached hydrogens (tertiary/aromatic N) is 1. The number of fused-ring (bicyclic) bond motifs is 2. The van der Waals surface area contributed by atoms with E-state index in [4.69, 9.17) is 4.43 Å². The number of benzene rings is 1. The summed E-state index contributed by atoms with van der Waals surface area (Å²) in [5.41, 5.74) is -1.21. The Morgan fingerprint density at radius 3 is 2.21 bits per heavy atom. The highest BCUT2D eigenvalue weighted by molar-refractivity contribution is 6.78. The summed E-state index contributed by atoms with van der Waals surface area (Å²) in [6, 6.07) is 3.16. The van der Waals surface area contributed by atoms with Crippen LogP contribution in [0.25, 0.3) is 0 Å². The molecule has 0 unspecified atom stereocenters. The van der Waals surface area contributed by atoms with Gasteiger partial charge in [0.1, 0.15) is 5.84 Å². The van der Waals surface area contributed by atoms with Gasteiger partial charge in [0.2, 0.25) is 14.1 Å². The molecule has 0 spiro atoms. The highest BCUT2D eigenvalue weighted by Gasteiger charge is 2.58. The van der Waals surface area contributed by atoms with E-state index in [2.05, 4.69) is 51.9 Å². The maximum absolute atomic E-state index is 13.7. The van der Waals surface area contributed by atoms with Gasteiger partial charge < -0.3 is 9.74 Å². The first-order valence-corrected chi connectivity index (χ1v) is 12.3. The first kappa shape index (κ1) is 22.0. The van der Waals surface area contributed by atoms with Crippen molar-refractivity contribution < 1.29 is 22.4 Å². The zero-order chi connectivity index (χ0) is 21.8. The van der Waals surface area contributed by atoms with E-state index in [9.17, 15) is 18.0 Å². The molecule has 4 nitrogen and oxygen atoms in total. The number of aliphatic imine (C=N–C) groups is 1. The van der Waals surface area contributed by atoms with Crippen molar-refractivity contribution >= 4 is 25.6 Å². The Balaban J connectivity index is 2.16. The summed E-state index contributed by atoms with van der Waals surface area (Å²) in [6.07, 6.45) is -4.14. The van der Waals surface area contributed by atoms with Crippen LogP contribution in [0.15, 0.2) is 23.2 Å². The molecule has 1 aromatic carbocycles. The molecule has 0 bridgehead atoms. The van der Waals surface area contributed by atoms with Gasteiger partial charge in [0.05, 0.1) is 11.3 Å². The molecule has 0 aromatic heterocycles. The average Bonchev–Trinajstić information content (AvgIpc) is 3.01. The molecule has 29 heavy (non-hydrogen) atoms. The molecular weight excluding hydrogens is 397 g/mol. The molecular formula is C21H29F3N2O2Si. The summed E-state index contributed by atoms with van der Waals surface area (Å²) < 4.78 is 46.6. The average molecular weight is 427 g/mol.